The molecule has 3 atom stereocenters. The Morgan fingerprint density at radius 3 is 2.58 bits per heavy atom. The highest BCUT2D eigenvalue weighted by atomic mass is 32.2. The predicted molar refractivity (Wildman–Crippen MR) is 133 cm³/mol. The Kier molecular flexibility index (Phi) is 8.81. The Balaban J connectivity index is 1.75. The number of carbonyl (C=O) groups excluding carboxylic acids is 3. The summed E-state index contributed by atoms with van der Waals surface area (Å²) in [6, 6.07) is 3.90. The van der Waals surface area contributed by atoms with Gasteiger partial charge in [-0.2, -0.15) is 8.42 Å². The molecule has 7 N–H and O–H groups in total. The minimum absolute atomic E-state index is 0.00754. The number of nitrogens with one attached hydrogen (secondary N) is 2. The highest BCUT2D eigenvalue weighted by Crippen LogP contribution is 2.23. The molecule has 2 amide bonds. The van der Waals surface area contributed by atoms with Gasteiger partial charge in [0.1, 0.15) is 36.5 Å². The fraction of sp³-hybridized carbons (Fsp3) is 0.300. The lowest BCUT2D eigenvalue weighted by atomic mass is 10.0. The van der Waals surface area contributed by atoms with Gasteiger partial charge in [0, 0.05) is 10.9 Å². The van der Waals surface area contributed by atoms with Crippen molar-refractivity contribution < 1.29 is 41.7 Å². The molecule has 38 heavy (non-hydrogen) atoms. The van der Waals surface area contributed by atoms with Gasteiger partial charge in [0.2, 0.25) is 0 Å². The average Bonchev–Trinajstić information content (AvgIpc) is 3.29. The maximum atomic E-state index is 13.0. The third kappa shape index (κ3) is 6.72. The van der Waals surface area contributed by atoms with Gasteiger partial charge in [0.15, 0.2) is 16.9 Å². The molecular formula is C20H23N7O9S2. The number of hydrogen-bond acceptors (Lipinski definition) is 13. The van der Waals surface area contributed by atoms with Crippen molar-refractivity contribution in [2.45, 2.75) is 25.1 Å². The van der Waals surface area contributed by atoms with Gasteiger partial charge in [0.25, 0.3) is 18.3 Å². The Morgan fingerprint density at radius 1 is 1.37 bits per heavy atom. The summed E-state index contributed by atoms with van der Waals surface area (Å²) in [4.78, 5) is 45.2. The molecule has 2 heterocycles. The van der Waals surface area contributed by atoms with Gasteiger partial charge in [-0.3, -0.25) is 24.3 Å². The summed E-state index contributed by atoms with van der Waals surface area (Å²) >= 11 is 0.995. The number of hydrogen-bond donors (Lipinski definition) is 5. The molecule has 0 radical (unpaired) electrons. The number of nitrogens with zero attached hydrogens (tertiary/aromatic N) is 3. The molecule has 0 bridgehead atoms. The van der Waals surface area contributed by atoms with Crippen LogP contribution in [0, 0.1) is 5.41 Å². The first kappa shape index (κ1) is 28.3. The van der Waals surface area contributed by atoms with Crippen molar-refractivity contribution in [1.29, 1.82) is 5.41 Å². The molecule has 0 spiro atoms. The Labute approximate surface area is 219 Å². The van der Waals surface area contributed by atoms with Gasteiger partial charge in [-0.1, -0.05) is 5.16 Å². The van der Waals surface area contributed by atoms with Crippen LogP contribution >= 0.6 is 11.3 Å². The van der Waals surface area contributed by atoms with Gasteiger partial charge in [-0.15, -0.1) is 11.3 Å². The number of oxime groups is 1. The summed E-state index contributed by atoms with van der Waals surface area (Å²) in [5.74, 6) is -1.74. The second-order valence-electron chi connectivity index (χ2n) is 7.72. The van der Waals surface area contributed by atoms with Crippen molar-refractivity contribution in [2.75, 3.05) is 18.9 Å². The summed E-state index contributed by atoms with van der Waals surface area (Å²) in [6.45, 7) is 0.989. The Bertz CT molecular complexity index is 1340. The fourth-order valence-corrected chi connectivity index (χ4v) is 4.65. The van der Waals surface area contributed by atoms with Crippen LogP contribution in [0.1, 0.15) is 18.2 Å². The van der Waals surface area contributed by atoms with Gasteiger partial charge >= 0.3 is 10.3 Å². The number of amidine groups is 1. The minimum Gasteiger partial charge on any atom is -0.489 e. The normalized spacial score (nSPS) is 18.2. The highest BCUT2D eigenvalue weighted by molar-refractivity contribution is 7.84. The lowest BCUT2D eigenvalue weighted by Crippen LogP contribution is -2.71. The van der Waals surface area contributed by atoms with Crippen LogP contribution in [0.3, 0.4) is 0 Å². The zero-order valence-corrected chi connectivity index (χ0v) is 21.3. The number of anilines is 1. The van der Waals surface area contributed by atoms with Crippen LogP contribution in [-0.2, 0) is 34.3 Å². The van der Waals surface area contributed by atoms with Crippen molar-refractivity contribution in [3.05, 3.63) is 40.9 Å². The molecule has 204 valence electrons. The van der Waals surface area contributed by atoms with Crippen molar-refractivity contribution >= 4 is 56.6 Å². The van der Waals surface area contributed by atoms with E-state index in [1.807, 2.05) is 0 Å². The average molecular weight is 570 g/mol. The van der Waals surface area contributed by atoms with Crippen LogP contribution in [0.25, 0.3) is 0 Å². The van der Waals surface area contributed by atoms with E-state index in [1.165, 1.54) is 12.3 Å². The topological polar surface area (TPSA) is 250 Å². The van der Waals surface area contributed by atoms with E-state index in [0.29, 0.717) is 11.3 Å². The van der Waals surface area contributed by atoms with Gasteiger partial charge in [-0.25, -0.2) is 9.29 Å². The van der Waals surface area contributed by atoms with Crippen LogP contribution in [0.4, 0.5) is 5.13 Å². The first-order valence-corrected chi connectivity index (χ1v) is 12.9. The second kappa shape index (κ2) is 11.8. The van der Waals surface area contributed by atoms with E-state index >= 15 is 0 Å². The zero-order valence-electron chi connectivity index (χ0n) is 19.6. The summed E-state index contributed by atoms with van der Waals surface area (Å²) in [7, 11) is -4.79. The summed E-state index contributed by atoms with van der Waals surface area (Å²) < 4.78 is 42.3. The molecule has 1 aromatic carbocycles. The Hall–Kier alpha value is -4.29. The van der Waals surface area contributed by atoms with E-state index in [9.17, 15) is 22.8 Å². The van der Waals surface area contributed by atoms with Crippen molar-refractivity contribution in [2.24, 2.45) is 10.9 Å². The number of β-lactam (4-membered cyclic amide) rings is 1. The SMILES string of the molecule is C[C@H]1[C@H](NC(=O)/C(=N\OC(COC=O)COc2ccc(C(=N)N)cc2)c2csc(N)n2)C(=O)N1S(=O)(=O)O. The quantitative estimate of drug-likeness (QED) is 0.0480. The van der Waals surface area contributed by atoms with E-state index in [1.54, 1.807) is 24.3 Å². The second-order valence-corrected chi connectivity index (χ2v) is 9.90. The molecule has 1 aliphatic heterocycles. The number of nitrogen functional groups attached to an aromatic ring is 2. The van der Waals surface area contributed by atoms with E-state index in [2.05, 4.69) is 15.5 Å². The molecule has 3 rings (SSSR count). The third-order valence-electron chi connectivity index (χ3n) is 5.09. The highest BCUT2D eigenvalue weighted by Gasteiger charge is 2.51. The number of nitrogens with two attached hydrogens (primary N) is 2. The Morgan fingerprint density at radius 2 is 2.05 bits per heavy atom. The molecule has 0 saturated carbocycles. The van der Waals surface area contributed by atoms with Crippen LogP contribution in [0.5, 0.6) is 5.75 Å². The molecule has 1 unspecified atom stereocenters. The number of benzene rings is 1. The molecular weight excluding hydrogens is 546 g/mol. The lowest BCUT2D eigenvalue weighted by molar-refractivity contribution is -0.143. The third-order valence-corrected chi connectivity index (χ3v) is 6.78. The fourth-order valence-electron chi connectivity index (χ4n) is 3.22. The first-order valence-electron chi connectivity index (χ1n) is 10.6. The maximum Gasteiger partial charge on any atom is 0.362 e. The number of rotatable bonds is 13. The monoisotopic (exact) mass is 569 g/mol. The first-order chi connectivity index (χ1) is 17.9. The summed E-state index contributed by atoms with van der Waals surface area (Å²) in [6.07, 6.45) is -1.01. The van der Waals surface area contributed by atoms with E-state index < -0.39 is 46.0 Å². The van der Waals surface area contributed by atoms with E-state index in [-0.39, 0.29) is 40.7 Å². The van der Waals surface area contributed by atoms with Crippen molar-refractivity contribution in [3.63, 3.8) is 0 Å². The molecule has 1 saturated heterocycles. The number of aromatic nitrogens is 1. The molecule has 16 nitrogen and oxygen atoms in total. The van der Waals surface area contributed by atoms with Crippen molar-refractivity contribution in [3.8, 4) is 5.75 Å². The van der Waals surface area contributed by atoms with E-state index in [4.69, 9.17) is 35.7 Å². The summed E-state index contributed by atoms with van der Waals surface area (Å²) in [5.41, 5.74) is 11.1. The largest absolute Gasteiger partial charge is 0.489 e. The molecule has 1 aromatic heterocycles. The number of ether oxygens (including phenoxy) is 2. The molecule has 18 heteroatoms. The van der Waals surface area contributed by atoms with E-state index in [0.717, 1.165) is 11.3 Å². The summed E-state index contributed by atoms with van der Waals surface area (Å²) in [5, 5.41) is 15.1. The standard InChI is InChI=1S/C20H23N7O9S2/c1-10-15(19(30)27(10)38(31,32)33)25-18(29)16(14-8-37-20(23)24-14)26-36-13(6-34-9-28)7-35-12-4-2-11(3-5-12)17(21)22/h2-5,8-10,13,15H,6-7H2,1H3,(H3,21,22)(H2,23,24)(H,25,29)(H,31,32,33)/b26-16-/t10-,13?,15-/m0/s1. The number of thiazole rings is 1. The predicted octanol–water partition coefficient (Wildman–Crippen LogP) is -1.13. The smallest absolute Gasteiger partial charge is 0.362 e. The number of carbonyl (C=O) groups is 3. The molecule has 0 aliphatic carbocycles. The molecule has 1 aliphatic rings. The molecule has 1 fully saturated rings. The zero-order chi connectivity index (χ0) is 28.0. The van der Waals surface area contributed by atoms with Crippen LogP contribution < -0.4 is 21.5 Å². The van der Waals surface area contributed by atoms with Crippen LogP contribution in [0.2, 0.25) is 0 Å². The van der Waals surface area contributed by atoms with Crippen LogP contribution in [-0.4, -0.2) is 83.5 Å². The van der Waals surface area contributed by atoms with Gasteiger partial charge in [0.05, 0.1) is 6.04 Å². The maximum absolute atomic E-state index is 13.0. The number of amides is 2. The minimum atomic E-state index is -4.79. The lowest BCUT2D eigenvalue weighted by Gasteiger charge is -2.42. The molecule has 2 aromatic rings. The van der Waals surface area contributed by atoms with Gasteiger partial charge in [-0.05, 0) is 31.2 Å². The van der Waals surface area contributed by atoms with Crippen molar-refractivity contribution in [1.82, 2.24) is 14.6 Å². The van der Waals surface area contributed by atoms with Gasteiger partial charge < -0.3 is 31.1 Å². The van der Waals surface area contributed by atoms with Crippen LogP contribution in [0.15, 0.2) is 34.8 Å².